The van der Waals surface area contributed by atoms with Gasteiger partial charge in [0, 0.05) is 18.7 Å². The first kappa shape index (κ1) is 13.8. The molecule has 6 nitrogen and oxygen atoms in total. The molecule has 110 valence electrons. The van der Waals surface area contributed by atoms with Gasteiger partial charge in [-0.1, -0.05) is 0 Å². The number of hydrogen-bond donors (Lipinski definition) is 1. The van der Waals surface area contributed by atoms with Crippen molar-refractivity contribution in [3.63, 3.8) is 0 Å². The van der Waals surface area contributed by atoms with Crippen LogP contribution in [0, 0.1) is 16.0 Å². The van der Waals surface area contributed by atoms with Crippen LogP contribution in [0.1, 0.15) is 12.8 Å². The number of aromatic nitrogens is 1. The maximum atomic E-state index is 11.4. The topological polar surface area (TPSA) is 77.3 Å². The van der Waals surface area contributed by atoms with E-state index < -0.39 is 4.92 Å². The van der Waals surface area contributed by atoms with Gasteiger partial charge in [-0.2, -0.15) is 0 Å². The van der Waals surface area contributed by atoms with E-state index in [1.54, 1.807) is 30.5 Å². The SMILES string of the molecule is O=[N+]([O-])c1c(OCC2CCCNC2)ccc2ncccc12. The summed E-state index contributed by atoms with van der Waals surface area (Å²) in [5, 5.41) is 15.2. The second-order valence-electron chi connectivity index (χ2n) is 5.26. The highest BCUT2D eigenvalue weighted by Gasteiger charge is 2.22. The fourth-order valence-electron chi connectivity index (χ4n) is 2.70. The van der Waals surface area contributed by atoms with Gasteiger partial charge < -0.3 is 10.1 Å². The van der Waals surface area contributed by atoms with Crippen LogP contribution in [0.3, 0.4) is 0 Å². The molecule has 0 radical (unpaired) electrons. The highest BCUT2D eigenvalue weighted by molar-refractivity contribution is 5.90. The van der Waals surface area contributed by atoms with Gasteiger partial charge in [0.1, 0.15) is 0 Å². The molecule has 1 aliphatic rings. The van der Waals surface area contributed by atoms with Gasteiger partial charge in [-0.3, -0.25) is 15.1 Å². The Hall–Kier alpha value is -2.21. The van der Waals surface area contributed by atoms with Gasteiger partial charge >= 0.3 is 5.69 Å². The largest absolute Gasteiger partial charge is 0.486 e. The molecular weight excluding hydrogens is 270 g/mol. The zero-order valence-corrected chi connectivity index (χ0v) is 11.6. The summed E-state index contributed by atoms with van der Waals surface area (Å²) in [5.74, 6) is 0.731. The fourth-order valence-corrected chi connectivity index (χ4v) is 2.70. The van der Waals surface area contributed by atoms with Crippen molar-refractivity contribution in [2.24, 2.45) is 5.92 Å². The van der Waals surface area contributed by atoms with Crippen LogP contribution in [0.25, 0.3) is 10.9 Å². The van der Waals surface area contributed by atoms with Crippen LogP contribution < -0.4 is 10.1 Å². The van der Waals surface area contributed by atoms with E-state index in [1.165, 1.54) is 0 Å². The summed E-state index contributed by atoms with van der Waals surface area (Å²) in [6.45, 7) is 2.45. The van der Waals surface area contributed by atoms with Crippen molar-refractivity contribution in [2.75, 3.05) is 19.7 Å². The Kier molecular flexibility index (Phi) is 3.96. The minimum Gasteiger partial charge on any atom is -0.486 e. The molecule has 2 aromatic rings. The van der Waals surface area contributed by atoms with Crippen LogP contribution >= 0.6 is 0 Å². The van der Waals surface area contributed by atoms with Crippen LogP contribution in [-0.4, -0.2) is 29.6 Å². The molecule has 1 aromatic heterocycles. The van der Waals surface area contributed by atoms with E-state index >= 15 is 0 Å². The summed E-state index contributed by atoms with van der Waals surface area (Å²) in [7, 11) is 0. The third-order valence-corrected chi connectivity index (χ3v) is 3.78. The lowest BCUT2D eigenvalue weighted by atomic mass is 10.0. The van der Waals surface area contributed by atoms with Gasteiger partial charge in [0.15, 0.2) is 5.75 Å². The number of nitro groups is 1. The van der Waals surface area contributed by atoms with Crippen molar-refractivity contribution < 1.29 is 9.66 Å². The van der Waals surface area contributed by atoms with Gasteiger partial charge in [0.05, 0.1) is 22.4 Å². The minimum absolute atomic E-state index is 0.00405. The molecule has 1 unspecified atom stereocenters. The molecule has 1 aliphatic heterocycles. The fraction of sp³-hybridized carbons (Fsp3) is 0.400. The number of benzene rings is 1. The molecule has 1 fully saturated rings. The number of ether oxygens (including phenoxy) is 1. The molecule has 0 bridgehead atoms. The second-order valence-corrected chi connectivity index (χ2v) is 5.26. The summed E-state index contributed by atoms with van der Waals surface area (Å²) in [6.07, 6.45) is 3.84. The van der Waals surface area contributed by atoms with Crippen molar-refractivity contribution in [3.8, 4) is 5.75 Å². The van der Waals surface area contributed by atoms with E-state index in [0.29, 0.717) is 29.2 Å². The quantitative estimate of drug-likeness (QED) is 0.690. The predicted molar refractivity (Wildman–Crippen MR) is 79.5 cm³/mol. The Morgan fingerprint density at radius 1 is 1.43 bits per heavy atom. The smallest absolute Gasteiger partial charge is 0.320 e. The Morgan fingerprint density at radius 2 is 2.33 bits per heavy atom. The normalized spacial score (nSPS) is 18.6. The van der Waals surface area contributed by atoms with Gasteiger partial charge in [-0.25, -0.2) is 0 Å². The molecule has 1 N–H and O–H groups in total. The van der Waals surface area contributed by atoms with Gasteiger partial charge in [0.25, 0.3) is 0 Å². The molecule has 1 aromatic carbocycles. The molecule has 21 heavy (non-hydrogen) atoms. The van der Waals surface area contributed by atoms with Crippen LogP contribution in [0.4, 0.5) is 5.69 Å². The molecule has 1 atom stereocenters. The number of piperidine rings is 1. The molecule has 2 heterocycles. The first-order valence-electron chi connectivity index (χ1n) is 7.11. The Bertz CT molecular complexity index is 654. The van der Waals surface area contributed by atoms with Crippen LogP contribution in [0.15, 0.2) is 30.5 Å². The molecule has 0 amide bonds. The first-order chi connectivity index (χ1) is 10.3. The molecule has 0 spiro atoms. The lowest BCUT2D eigenvalue weighted by Gasteiger charge is -2.22. The van der Waals surface area contributed by atoms with Crippen molar-refractivity contribution in [2.45, 2.75) is 12.8 Å². The van der Waals surface area contributed by atoms with E-state index in [-0.39, 0.29) is 5.69 Å². The maximum Gasteiger partial charge on any atom is 0.320 e. The Labute approximate surface area is 122 Å². The van der Waals surface area contributed by atoms with E-state index in [4.69, 9.17) is 4.74 Å². The summed E-state index contributed by atoms with van der Waals surface area (Å²) in [5.41, 5.74) is 0.611. The number of pyridine rings is 1. The van der Waals surface area contributed by atoms with Gasteiger partial charge in [-0.05, 0) is 43.7 Å². The van der Waals surface area contributed by atoms with E-state index in [0.717, 1.165) is 25.9 Å². The Balaban J connectivity index is 1.87. The average Bonchev–Trinajstić information content (AvgIpc) is 2.53. The molecule has 6 heteroatoms. The van der Waals surface area contributed by atoms with E-state index in [9.17, 15) is 10.1 Å². The summed E-state index contributed by atoms with van der Waals surface area (Å²) < 4.78 is 5.74. The first-order valence-corrected chi connectivity index (χ1v) is 7.11. The van der Waals surface area contributed by atoms with E-state index in [1.807, 2.05) is 0 Å². The number of nitrogens with one attached hydrogen (secondary N) is 1. The zero-order chi connectivity index (χ0) is 14.7. The van der Waals surface area contributed by atoms with E-state index in [2.05, 4.69) is 10.3 Å². The van der Waals surface area contributed by atoms with Crippen molar-refractivity contribution in [1.29, 1.82) is 0 Å². The number of hydrogen-bond acceptors (Lipinski definition) is 5. The maximum absolute atomic E-state index is 11.4. The molecule has 3 rings (SSSR count). The zero-order valence-electron chi connectivity index (χ0n) is 11.6. The lowest BCUT2D eigenvalue weighted by Crippen LogP contribution is -2.33. The summed E-state index contributed by atoms with van der Waals surface area (Å²) in [4.78, 5) is 15.1. The monoisotopic (exact) mass is 287 g/mol. The van der Waals surface area contributed by atoms with Crippen molar-refractivity contribution in [3.05, 3.63) is 40.6 Å². The standard InChI is InChI=1S/C15H17N3O3/c19-18(20)15-12-4-2-8-17-13(12)5-6-14(15)21-10-11-3-1-7-16-9-11/h2,4-6,8,11,16H,1,3,7,9-10H2. The molecular formula is C15H17N3O3. The summed E-state index contributed by atoms with van der Waals surface area (Å²) in [6, 6.07) is 6.81. The lowest BCUT2D eigenvalue weighted by molar-refractivity contribution is -0.384. The third-order valence-electron chi connectivity index (χ3n) is 3.78. The Morgan fingerprint density at radius 3 is 3.10 bits per heavy atom. The molecule has 0 aliphatic carbocycles. The van der Waals surface area contributed by atoms with Crippen LogP contribution in [0.5, 0.6) is 5.75 Å². The summed E-state index contributed by atoms with van der Waals surface area (Å²) >= 11 is 0. The highest BCUT2D eigenvalue weighted by atomic mass is 16.6. The second kappa shape index (κ2) is 6.05. The van der Waals surface area contributed by atoms with Crippen LogP contribution in [-0.2, 0) is 0 Å². The minimum atomic E-state index is -0.390. The number of rotatable bonds is 4. The van der Waals surface area contributed by atoms with Crippen molar-refractivity contribution in [1.82, 2.24) is 10.3 Å². The van der Waals surface area contributed by atoms with Crippen LogP contribution in [0.2, 0.25) is 0 Å². The highest BCUT2D eigenvalue weighted by Crippen LogP contribution is 2.34. The average molecular weight is 287 g/mol. The van der Waals surface area contributed by atoms with Crippen molar-refractivity contribution >= 4 is 16.6 Å². The van der Waals surface area contributed by atoms with Gasteiger partial charge in [0.2, 0.25) is 0 Å². The third kappa shape index (κ3) is 2.95. The number of nitro benzene ring substituents is 1. The van der Waals surface area contributed by atoms with Gasteiger partial charge in [-0.15, -0.1) is 0 Å². The predicted octanol–water partition coefficient (Wildman–Crippen LogP) is 2.52. The number of fused-ring (bicyclic) bond motifs is 1. The molecule has 1 saturated heterocycles. The molecule has 0 saturated carbocycles. The number of nitrogens with zero attached hydrogens (tertiary/aromatic N) is 2.